The molecule has 62 valence electrons. The van der Waals surface area contributed by atoms with Crippen LogP contribution in [0, 0.1) is 0 Å². The van der Waals surface area contributed by atoms with Gasteiger partial charge >= 0.3 is 0 Å². The van der Waals surface area contributed by atoms with Crippen LogP contribution in [-0.2, 0) is 4.74 Å². The van der Waals surface area contributed by atoms with E-state index in [1.54, 1.807) is 6.92 Å². The average Bonchev–Trinajstić information content (AvgIpc) is 1.99. The third-order valence-electron chi connectivity index (χ3n) is 0.977. The lowest BCUT2D eigenvalue weighted by Crippen LogP contribution is -2.18. The minimum Gasteiger partial charge on any atom is -0.393 e. The summed E-state index contributed by atoms with van der Waals surface area (Å²) >= 11 is 0. The topological polar surface area (TPSA) is 29.5 Å². The zero-order valence-electron chi connectivity index (χ0n) is 5.89. The van der Waals surface area contributed by atoms with Crippen molar-refractivity contribution in [2.45, 2.75) is 25.9 Å². The number of ether oxygens (including phenoxy) is 1. The standard InChI is InChI=1S/C6H12F2O2/c1-2-6(8)10-4-5(7)3-9/h5-6,9H,2-4H2,1H3. The van der Waals surface area contributed by atoms with Crippen molar-refractivity contribution < 1.29 is 18.6 Å². The third kappa shape index (κ3) is 4.64. The molecule has 0 aliphatic rings. The molecule has 0 spiro atoms. The second kappa shape index (κ2) is 5.56. The average molecular weight is 154 g/mol. The molecule has 1 N–H and O–H groups in total. The molecule has 0 saturated heterocycles. The Morgan fingerprint density at radius 1 is 1.50 bits per heavy atom. The van der Waals surface area contributed by atoms with E-state index < -0.39 is 19.1 Å². The van der Waals surface area contributed by atoms with E-state index in [0.29, 0.717) is 0 Å². The van der Waals surface area contributed by atoms with Crippen molar-refractivity contribution in [2.75, 3.05) is 13.2 Å². The molecule has 4 heteroatoms. The maximum Gasteiger partial charge on any atom is 0.198 e. The van der Waals surface area contributed by atoms with Gasteiger partial charge in [0.05, 0.1) is 13.2 Å². The molecule has 0 heterocycles. The molecule has 0 aliphatic heterocycles. The van der Waals surface area contributed by atoms with Crippen LogP contribution in [0.25, 0.3) is 0 Å². The molecule has 0 amide bonds. The Morgan fingerprint density at radius 3 is 2.50 bits per heavy atom. The van der Waals surface area contributed by atoms with Crippen molar-refractivity contribution >= 4 is 0 Å². The maximum atomic E-state index is 12.2. The van der Waals surface area contributed by atoms with Crippen molar-refractivity contribution in [2.24, 2.45) is 0 Å². The quantitative estimate of drug-likeness (QED) is 0.641. The Balaban J connectivity index is 3.17. The summed E-state index contributed by atoms with van der Waals surface area (Å²) in [5.74, 6) is 0. The van der Waals surface area contributed by atoms with E-state index in [9.17, 15) is 8.78 Å². The highest BCUT2D eigenvalue weighted by molar-refractivity contribution is 4.50. The molecular formula is C6H12F2O2. The molecule has 0 fully saturated rings. The first kappa shape index (κ1) is 9.78. The molecule has 2 atom stereocenters. The molecule has 2 nitrogen and oxygen atoms in total. The molecule has 0 rings (SSSR count). The summed E-state index contributed by atoms with van der Waals surface area (Å²) in [5, 5.41) is 8.14. The summed E-state index contributed by atoms with van der Waals surface area (Å²) in [5.41, 5.74) is 0. The smallest absolute Gasteiger partial charge is 0.198 e. The Morgan fingerprint density at radius 2 is 2.10 bits per heavy atom. The summed E-state index contributed by atoms with van der Waals surface area (Å²) < 4.78 is 28.6. The minimum absolute atomic E-state index is 0.206. The van der Waals surface area contributed by atoms with Gasteiger partial charge in [-0.3, -0.25) is 0 Å². The Bertz CT molecular complexity index is 70.1. The van der Waals surface area contributed by atoms with Gasteiger partial charge in [0.2, 0.25) is 0 Å². The van der Waals surface area contributed by atoms with Crippen LogP contribution >= 0.6 is 0 Å². The predicted molar refractivity (Wildman–Crippen MR) is 33.1 cm³/mol. The van der Waals surface area contributed by atoms with Gasteiger partial charge in [-0.1, -0.05) is 6.92 Å². The second-order valence-electron chi connectivity index (χ2n) is 1.93. The van der Waals surface area contributed by atoms with Gasteiger partial charge in [0.25, 0.3) is 0 Å². The number of aliphatic hydroxyl groups excluding tert-OH is 1. The van der Waals surface area contributed by atoms with E-state index in [0.717, 1.165) is 0 Å². The number of hydrogen-bond donors (Lipinski definition) is 1. The van der Waals surface area contributed by atoms with E-state index in [1.165, 1.54) is 0 Å². The van der Waals surface area contributed by atoms with Crippen LogP contribution < -0.4 is 0 Å². The maximum absolute atomic E-state index is 12.2. The first-order valence-electron chi connectivity index (χ1n) is 3.21. The highest BCUT2D eigenvalue weighted by Gasteiger charge is 2.08. The third-order valence-corrected chi connectivity index (χ3v) is 0.977. The summed E-state index contributed by atoms with van der Waals surface area (Å²) in [4.78, 5) is 0. The van der Waals surface area contributed by atoms with Crippen molar-refractivity contribution in [3.05, 3.63) is 0 Å². The van der Waals surface area contributed by atoms with Crippen LogP contribution in [0.15, 0.2) is 0 Å². The lowest BCUT2D eigenvalue weighted by Gasteiger charge is -2.08. The van der Waals surface area contributed by atoms with Crippen molar-refractivity contribution in [3.63, 3.8) is 0 Å². The van der Waals surface area contributed by atoms with E-state index >= 15 is 0 Å². The molecular weight excluding hydrogens is 142 g/mol. The molecule has 0 radical (unpaired) electrons. The number of alkyl halides is 2. The van der Waals surface area contributed by atoms with Crippen molar-refractivity contribution in [3.8, 4) is 0 Å². The summed E-state index contributed by atoms with van der Waals surface area (Å²) in [6, 6.07) is 0. The number of rotatable bonds is 5. The number of halogens is 2. The Kier molecular flexibility index (Phi) is 5.43. The SMILES string of the molecule is CCC(F)OCC(F)CO. The van der Waals surface area contributed by atoms with Crippen LogP contribution in [0.3, 0.4) is 0 Å². The van der Waals surface area contributed by atoms with Crippen molar-refractivity contribution in [1.82, 2.24) is 0 Å². The fraction of sp³-hybridized carbons (Fsp3) is 1.00. The van der Waals surface area contributed by atoms with Gasteiger partial charge in [-0.2, -0.15) is 0 Å². The summed E-state index contributed by atoms with van der Waals surface area (Å²) in [6.07, 6.45) is -2.67. The van der Waals surface area contributed by atoms with Crippen LogP contribution in [0.2, 0.25) is 0 Å². The highest BCUT2D eigenvalue weighted by atomic mass is 19.1. The van der Waals surface area contributed by atoms with Gasteiger partial charge in [0.1, 0.15) is 6.17 Å². The number of aliphatic hydroxyl groups is 1. The number of hydrogen-bond acceptors (Lipinski definition) is 2. The van der Waals surface area contributed by atoms with Gasteiger partial charge in [0, 0.05) is 6.42 Å². The fourth-order valence-electron chi connectivity index (χ4n) is 0.379. The van der Waals surface area contributed by atoms with Gasteiger partial charge in [-0.15, -0.1) is 0 Å². The van der Waals surface area contributed by atoms with Gasteiger partial charge in [0.15, 0.2) is 6.36 Å². The molecule has 0 saturated carbocycles. The molecule has 0 aromatic carbocycles. The molecule has 0 aromatic rings. The van der Waals surface area contributed by atoms with Crippen LogP contribution in [-0.4, -0.2) is 30.8 Å². The van der Waals surface area contributed by atoms with E-state index in [4.69, 9.17) is 5.11 Å². The monoisotopic (exact) mass is 154 g/mol. The predicted octanol–water partition coefficient (Wildman–Crippen LogP) is 1.04. The molecule has 2 unspecified atom stereocenters. The molecule has 0 aromatic heterocycles. The summed E-state index contributed by atoms with van der Waals surface area (Å²) in [6.45, 7) is 0.610. The lowest BCUT2D eigenvalue weighted by molar-refractivity contribution is -0.0659. The van der Waals surface area contributed by atoms with Crippen LogP contribution in [0.5, 0.6) is 0 Å². The molecule has 0 aliphatic carbocycles. The van der Waals surface area contributed by atoms with E-state index in [1.807, 2.05) is 0 Å². The van der Waals surface area contributed by atoms with Gasteiger partial charge in [-0.25, -0.2) is 8.78 Å². The fourth-order valence-corrected chi connectivity index (χ4v) is 0.379. The normalized spacial score (nSPS) is 16.8. The van der Waals surface area contributed by atoms with E-state index in [-0.39, 0.29) is 13.0 Å². The first-order chi connectivity index (χ1) is 4.70. The second-order valence-corrected chi connectivity index (χ2v) is 1.93. The van der Waals surface area contributed by atoms with Crippen LogP contribution in [0.1, 0.15) is 13.3 Å². The van der Waals surface area contributed by atoms with Crippen LogP contribution in [0.4, 0.5) is 8.78 Å². The Hall–Kier alpha value is -0.220. The van der Waals surface area contributed by atoms with Gasteiger partial charge < -0.3 is 9.84 Å². The Labute approximate surface area is 58.8 Å². The summed E-state index contributed by atoms with van der Waals surface area (Å²) in [7, 11) is 0. The van der Waals surface area contributed by atoms with Gasteiger partial charge in [-0.05, 0) is 0 Å². The largest absolute Gasteiger partial charge is 0.393 e. The first-order valence-corrected chi connectivity index (χ1v) is 3.21. The minimum atomic E-state index is -1.47. The molecule has 10 heavy (non-hydrogen) atoms. The van der Waals surface area contributed by atoms with Crippen molar-refractivity contribution in [1.29, 1.82) is 0 Å². The zero-order chi connectivity index (χ0) is 7.98. The lowest BCUT2D eigenvalue weighted by atomic mass is 10.4. The highest BCUT2D eigenvalue weighted by Crippen LogP contribution is 2.00. The zero-order valence-corrected chi connectivity index (χ0v) is 5.89. The van der Waals surface area contributed by atoms with E-state index in [2.05, 4.69) is 4.74 Å². The molecule has 0 bridgehead atoms.